The molecule has 0 aromatic heterocycles. The van der Waals surface area contributed by atoms with E-state index in [1.54, 1.807) is 0 Å². The molecule has 0 fully saturated rings. The van der Waals surface area contributed by atoms with Crippen LogP contribution in [-0.4, -0.2) is 23.3 Å². The standard InChI is InChI=1S/C21H38O3/c1-3-5-11-16-20(23)19(21(24)17-12-6-4-2)15-13-9-7-8-10-14-18-22/h8,10,19,22H,3-7,9,11-18H2,1-2H3/b10-8+. The molecule has 0 unspecified atom stereocenters. The Morgan fingerprint density at radius 2 is 1.33 bits per heavy atom. The topological polar surface area (TPSA) is 54.4 Å². The lowest BCUT2D eigenvalue weighted by Gasteiger charge is -2.14. The molecule has 0 radical (unpaired) electrons. The summed E-state index contributed by atoms with van der Waals surface area (Å²) in [5.41, 5.74) is 0. The maximum absolute atomic E-state index is 12.4. The second-order valence-electron chi connectivity index (χ2n) is 6.67. The van der Waals surface area contributed by atoms with E-state index in [9.17, 15) is 9.59 Å². The van der Waals surface area contributed by atoms with Gasteiger partial charge in [-0.25, -0.2) is 0 Å². The van der Waals surface area contributed by atoms with Crippen LogP contribution in [0.4, 0.5) is 0 Å². The van der Waals surface area contributed by atoms with Crippen molar-refractivity contribution in [1.29, 1.82) is 0 Å². The first kappa shape index (κ1) is 23.0. The first-order chi connectivity index (χ1) is 11.7. The van der Waals surface area contributed by atoms with Gasteiger partial charge >= 0.3 is 0 Å². The molecule has 0 aromatic rings. The third-order valence-corrected chi connectivity index (χ3v) is 4.41. The van der Waals surface area contributed by atoms with Crippen molar-refractivity contribution in [3.63, 3.8) is 0 Å². The lowest BCUT2D eigenvalue weighted by atomic mass is 9.87. The van der Waals surface area contributed by atoms with E-state index < -0.39 is 0 Å². The molecule has 3 nitrogen and oxygen atoms in total. The van der Waals surface area contributed by atoms with Crippen LogP contribution in [0, 0.1) is 5.92 Å². The monoisotopic (exact) mass is 338 g/mol. The number of aliphatic hydroxyl groups excluding tert-OH is 1. The molecule has 1 N–H and O–H groups in total. The van der Waals surface area contributed by atoms with Crippen molar-refractivity contribution in [2.45, 2.75) is 97.3 Å². The van der Waals surface area contributed by atoms with Crippen LogP contribution < -0.4 is 0 Å². The zero-order chi connectivity index (χ0) is 18.0. The van der Waals surface area contributed by atoms with Crippen LogP contribution in [0.1, 0.15) is 97.3 Å². The molecular formula is C21H38O3. The van der Waals surface area contributed by atoms with Crippen molar-refractivity contribution >= 4 is 11.6 Å². The quantitative estimate of drug-likeness (QED) is 0.219. The Balaban J connectivity index is 4.29. The van der Waals surface area contributed by atoms with Crippen molar-refractivity contribution in [2.24, 2.45) is 5.92 Å². The normalized spacial score (nSPS) is 11.5. The van der Waals surface area contributed by atoms with Gasteiger partial charge in [0.15, 0.2) is 0 Å². The van der Waals surface area contributed by atoms with Crippen LogP contribution in [0.5, 0.6) is 0 Å². The molecule has 0 bridgehead atoms. The van der Waals surface area contributed by atoms with Gasteiger partial charge in [-0.2, -0.15) is 0 Å². The summed E-state index contributed by atoms with van der Waals surface area (Å²) in [6.45, 7) is 4.45. The van der Waals surface area contributed by atoms with Gasteiger partial charge in [0.2, 0.25) is 0 Å². The Hall–Kier alpha value is -0.960. The third kappa shape index (κ3) is 12.5. The Kier molecular flexibility index (Phi) is 16.2. The van der Waals surface area contributed by atoms with E-state index >= 15 is 0 Å². The molecule has 0 spiro atoms. The molecular weight excluding hydrogens is 300 g/mol. The van der Waals surface area contributed by atoms with E-state index in [0.29, 0.717) is 25.7 Å². The fourth-order valence-electron chi connectivity index (χ4n) is 2.87. The van der Waals surface area contributed by atoms with Gasteiger partial charge in [-0.3, -0.25) is 9.59 Å². The molecule has 24 heavy (non-hydrogen) atoms. The lowest BCUT2D eigenvalue weighted by Crippen LogP contribution is -2.24. The van der Waals surface area contributed by atoms with Crippen molar-refractivity contribution < 1.29 is 14.7 Å². The number of Topliss-reactive ketones (excluding diaryl/α,β-unsaturated/α-hetero) is 2. The Labute approximate surface area is 148 Å². The maximum atomic E-state index is 12.4. The largest absolute Gasteiger partial charge is 0.396 e. The first-order valence-electron chi connectivity index (χ1n) is 9.98. The minimum absolute atomic E-state index is 0.167. The molecule has 0 saturated heterocycles. The van der Waals surface area contributed by atoms with E-state index in [-0.39, 0.29) is 24.1 Å². The molecule has 0 saturated carbocycles. The predicted octanol–water partition coefficient (Wildman–Crippen LogP) is 5.40. The van der Waals surface area contributed by atoms with Gasteiger partial charge in [0, 0.05) is 19.4 Å². The molecule has 0 aliphatic rings. The number of hydrogen-bond acceptors (Lipinski definition) is 3. The molecule has 0 aliphatic carbocycles. The summed E-state index contributed by atoms with van der Waals surface area (Å²) in [5, 5.41) is 8.72. The van der Waals surface area contributed by atoms with E-state index in [1.807, 2.05) is 6.08 Å². The number of carbonyl (C=O) groups excluding carboxylic acids is 2. The molecule has 0 aliphatic heterocycles. The number of aliphatic hydroxyl groups is 1. The average molecular weight is 339 g/mol. The minimum atomic E-state index is -0.361. The summed E-state index contributed by atoms with van der Waals surface area (Å²) in [4.78, 5) is 24.9. The molecule has 0 atom stereocenters. The number of carbonyl (C=O) groups is 2. The molecule has 0 aromatic carbocycles. The van der Waals surface area contributed by atoms with Gasteiger partial charge in [0.1, 0.15) is 11.6 Å². The summed E-state index contributed by atoms with van der Waals surface area (Å²) in [6, 6.07) is 0. The fourth-order valence-corrected chi connectivity index (χ4v) is 2.87. The van der Waals surface area contributed by atoms with Crippen LogP contribution >= 0.6 is 0 Å². The zero-order valence-electron chi connectivity index (χ0n) is 15.9. The SMILES string of the molecule is CCCCCC(=O)C(CCCC/C=C/CCO)C(=O)CCCCC. The highest BCUT2D eigenvalue weighted by Gasteiger charge is 2.24. The summed E-state index contributed by atoms with van der Waals surface area (Å²) in [6.07, 6.45) is 15.7. The van der Waals surface area contributed by atoms with E-state index in [2.05, 4.69) is 19.9 Å². The number of allylic oxidation sites excluding steroid dienone is 1. The highest BCUT2D eigenvalue weighted by molar-refractivity contribution is 6.02. The van der Waals surface area contributed by atoms with Crippen LogP contribution in [0.15, 0.2) is 12.2 Å². The summed E-state index contributed by atoms with van der Waals surface area (Å²) < 4.78 is 0. The number of hydrogen-bond donors (Lipinski definition) is 1. The highest BCUT2D eigenvalue weighted by atomic mass is 16.2. The number of unbranched alkanes of at least 4 members (excludes halogenated alkanes) is 6. The summed E-state index contributed by atoms with van der Waals surface area (Å²) in [5.74, 6) is -0.0262. The Morgan fingerprint density at radius 3 is 1.83 bits per heavy atom. The van der Waals surface area contributed by atoms with Crippen molar-refractivity contribution in [1.82, 2.24) is 0 Å². The predicted molar refractivity (Wildman–Crippen MR) is 101 cm³/mol. The van der Waals surface area contributed by atoms with Gasteiger partial charge in [-0.05, 0) is 38.5 Å². The van der Waals surface area contributed by atoms with Crippen LogP contribution in [-0.2, 0) is 9.59 Å². The summed E-state index contributed by atoms with van der Waals surface area (Å²) in [7, 11) is 0. The maximum Gasteiger partial charge on any atom is 0.143 e. The Bertz CT molecular complexity index is 325. The van der Waals surface area contributed by atoms with Crippen molar-refractivity contribution in [3.05, 3.63) is 12.2 Å². The minimum Gasteiger partial charge on any atom is -0.396 e. The van der Waals surface area contributed by atoms with Gasteiger partial charge in [-0.1, -0.05) is 58.1 Å². The van der Waals surface area contributed by atoms with Crippen LogP contribution in [0.3, 0.4) is 0 Å². The molecule has 3 heteroatoms. The van der Waals surface area contributed by atoms with Crippen molar-refractivity contribution in [2.75, 3.05) is 6.61 Å². The summed E-state index contributed by atoms with van der Waals surface area (Å²) >= 11 is 0. The van der Waals surface area contributed by atoms with E-state index in [1.165, 1.54) is 0 Å². The van der Waals surface area contributed by atoms with Gasteiger partial charge in [-0.15, -0.1) is 0 Å². The zero-order valence-corrected chi connectivity index (χ0v) is 15.9. The van der Waals surface area contributed by atoms with Crippen molar-refractivity contribution in [3.8, 4) is 0 Å². The first-order valence-corrected chi connectivity index (χ1v) is 9.98. The average Bonchev–Trinajstić information content (AvgIpc) is 2.57. The van der Waals surface area contributed by atoms with Crippen LogP contribution in [0.2, 0.25) is 0 Å². The second-order valence-corrected chi connectivity index (χ2v) is 6.67. The lowest BCUT2D eigenvalue weighted by molar-refractivity contribution is -0.133. The van der Waals surface area contributed by atoms with E-state index in [4.69, 9.17) is 5.11 Å². The molecule has 140 valence electrons. The Morgan fingerprint density at radius 1 is 0.792 bits per heavy atom. The molecule has 0 amide bonds. The smallest absolute Gasteiger partial charge is 0.143 e. The second kappa shape index (κ2) is 16.9. The number of rotatable bonds is 17. The molecule has 0 heterocycles. The third-order valence-electron chi connectivity index (χ3n) is 4.41. The molecule has 0 rings (SSSR count). The fraction of sp³-hybridized carbons (Fsp3) is 0.810. The van der Waals surface area contributed by atoms with Gasteiger partial charge < -0.3 is 5.11 Å². The van der Waals surface area contributed by atoms with Gasteiger partial charge in [0.05, 0.1) is 5.92 Å². The highest BCUT2D eigenvalue weighted by Crippen LogP contribution is 2.19. The van der Waals surface area contributed by atoms with Gasteiger partial charge in [0.25, 0.3) is 0 Å². The number of ketones is 2. The van der Waals surface area contributed by atoms with Crippen LogP contribution in [0.25, 0.3) is 0 Å². The van der Waals surface area contributed by atoms with E-state index in [0.717, 1.165) is 57.8 Å².